The summed E-state index contributed by atoms with van der Waals surface area (Å²) >= 11 is 0. The highest BCUT2D eigenvalue weighted by Gasteiger charge is 2.38. The van der Waals surface area contributed by atoms with Crippen LogP contribution in [-0.4, -0.2) is 24.5 Å². The fourth-order valence-electron chi connectivity index (χ4n) is 2.05. The molecule has 5 nitrogen and oxygen atoms in total. The number of benzene rings is 1. The Hall–Kier alpha value is -1.95. The molecule has 0 radical (unpaired) electrons. The van der Waals surface area contributed by atoms with E-state index in [1.165, 1.54) is 25.3 Å². The third-order valence-corrected chi connectivity index (χ3v) is 3.05. The van der Waals surface area contributed by atoms with Gasteiger partial charge in [-0.05, 0) is 26.0 Å². The van der Waals surface area contributed by atoms with Crippen LogP contribution in [0.1, 0.15) is 25.5 Å². The molecule has 1 aromatic carbocycles. The smallest absolute Gasteiger partial charge is 0.325 e. The van der Waals surface area contributed by atoms with Crippen LogP contribution in [-0.2, 0) is 14.3 Å². The highest BCUT2D eigenvalue weighted by Crippen LogP contribution is 2.32. The average molecular weight is 266 g/mol. The predicted octanol–water partition coefficient (Wildman–Crippen LogP) is 1.36. The minimum Gasteiger partial charge on any atom is -0.468 e. The minimum atomic E-state index is -1.02. The highest BCUT2D eigenvalue weighted by molar-refractivity contribution is 6.03. The third-order valence-electron chi connectivity index (χ3n) is 3.05. The molecule has 0 saturated heterocycles. The van der Waals surface area contributed by atoms with Crippen LogP contribution in [0.3, 0.4) is 0 Å². The number of carbonyl (C=O) groups excluding carboxylic acids is 2. The Bertz CT molecular complexity index is 543. The normalized spacial score (nSPS) is 17.9. The van der Waals surface area contributed by atoms with Gasteiger partial charge in [-0.3, -0.25) is 14.9 Å². The molecule has 0 aliphatic carbocycles. The summed E-state index contributed by atoms with van der Waals surface area (Å²) in [6.45, 7) is 3.24. The molecule has 6 heteroatoms. The van der Waals surface area contributed by atoms with Crippen molar-refractivity contribution in [1.29, 1.82) is 0 Å². The van der Waals surface area contributed by atoms with Crippen molar-refractivity contribution in [1.82, 2.24) is 5.32 Å². The summed E-state index contributed by atoms with van der Waals surface area (Å²) in [5.41, 5.74) is 0.0128. The molecular formula is C13H15FN2O3. The van der Waals surface area contributed by atoms with Crippen LogP contribution in [0.5, 0.6) is 0 Å². The van der Waals surface area contributed by atoms with Gasteiger partial charge in [0.1, 0.15) is 17.4 Å². The zero-order chi connectivity index (χ0) is 14.2. The molecule has 0 saturated carbocycles. The predicted molar refractivity (Wildman–Crippen MR) is 67.0 cm³/mol. The molecule has 1 aromatic rings. The standard InChI is InChI=1S/C13H15FN2O3/c1-13(2,12(18)19-3)16-10-8-5-4-7(14)6-9(8)15-11(10)17/h4-6,10,16H,1-3H3,(H,15,17). The van der Waals surface area contributed by atoms with Gasteiger partial charge in [0.25, 0.3) is 0 Å². The number of fused-ring (bicyclic) bond motifs is 1. The fourth-order valence-corrected chi connectivity index (χ4v) is 2.05. The molecule has 2 N–H and O–H groups in total. The monoisotopic (exact) mass is 266 g/mol. The van der Waals surface area contributed by atoms with Gasteiger partial charge in [0.05, 0.1) is 7.11 Å². The number of rotatable bonds is 3. The first-order valence-corrected chi connectivity index (χ1v) is 5.81. The Kier molecular flexibility index (Phi) is 3.28. The molecule has 1 unspecified atom stereocenters. The summed E-state index contributed by atoms with van der Waals surface area (Å²) in [5, 5.41) is 5.50. The quantitative estimate of drug-likeness (QED) is 0.811. The average Bonchev–Trinajstić information content (AvgIpc) is 2.63. The van der Waals surface area contributed by atoms with E-state index in [0.717, 1.165) is 0 Å². The van der Waals surface area contributed by atoms with Gasteiger partial charge in [-0.15, -0.1) is 0 Å². The number of hydrogen-bond acceptors (Lipinski definition) is 4. The first kappa shape index (κ1) is 13.5. The summed E-state index contributed by atoms with van der Waals surface area (Å²) < 4.78 is 17.8. The van der Waals surface area contributed by atoms with E-state index < -0.39 is 23.4 Å². The van der Waals surface area contributed by atoms with Crippen molar-refractivity contribution >= 4 is 17.6 Å². The first-order chi connectivity index (χ1) is 8.85. The van der Waals surface area contributed by atoms with Crippen molar-refractivity contribution in [2.45, 2.75) is 25.4 Å². The lowest BCUT2D eigenvalue weighted by atomic mass is 10.0. The van der Waals surface area contributed by atoms with E-state index in [0.29, 0.717) is 11.3 Å². The van der Waals surface area contributed by atoms with E-state index in [4.69, 9.17) is 0 Å². The second-order valence-electron chi connectivity index (χ2n) is 4.91. The molecule has 1 heterocycles. The molecule has 0 aromatic heterocycles. The van der Waals surface area contributed by atoms with E-state index in [2.05, 4.69) is 15.4 Å². The lowest BCUT2D eigenvalue weighted by molar-refractivity contribution is -0.147. The van der Waals surface area contributed by atoms with Crippen LogP contribution >= 0.6 is 0 Å². The van der Waals surface area contributed by atoms with Crippen molar-refractivity contribution in [2.75, 3.05) is 12.4 Å². The van der Waals surface area contributed by atoms with Crippen molar-refractivity contribution in [3.05, 3.63) is 29.6 Å². The van der Waals surface area contributed by atoms with E-state index in [1.54, 1.807) is 13.8 Å². The van der Waals surface area contributed by atoms with E-state index >= 15 is 0 Å². The lowest BCUT2D eigenvalue weighted by Gasteiger charge is -2.26. The van der Waals surface area contributed by atoms with Gasteiger partial charge < -0.3 is 10.1 Å². The van der Waals surface area contributed by atoms with Gasteiger partial charge in [-0.1, -0.05) is 6.07 Å². The number of halogens is 1. The molecule has 0 fully saturated rings. The van der Waals surface area contributed by atoms with Crippen molar-refractivity contribution in [2.24, 2.45) is 0 Å². The molecule has 0 spiro atoms. The van der Waals surface area contributed by atoms with Crippen LogP contribution in [0.15, 0.2) is 18.2 Å². The van der Waals surface area contributed by atoms with Gasteiger partial charge in [-0.25, -0.2) is 4.39 Å². The largest absolute Gasteiger partial charge is 0.468 e. The van der Waals surface area contributed by atoms with E-state index in [1.807, 2.05) is 0 Å². The molecule has 2 rings (SSSR count). The Morgan fingerprint density at radius 3 is 2.79 bits per heavy atom. The molecule has 1 amide bonds. The Balaban J connectivity index is 2.28. The SMILES string of the molecule is COC(=O)C(C)(C)NC1C(=O)Nc2cc(F)ccc21. The highest BCUT2D eigenvalue weighted by atomic mass is 19.1. The fraction of sp³-hybridized carbons (Fsp3) is 0.385. The van der Waals surface area contributed by atoms with Gasteiger partial charge in [0, 0.05) is 11.3 Å². The van der Waals surface area contributed by atoms with Gasteiger partial charge in [0.15, 0.2) is 0 Å². The maximum Gasteiger partial charge on any atom is 0.325 e. The topological polar surface area (TPSA) is 67.4 Å². The number of hydrogen-bond donors (Lipinski definition) is 2. The van der Waals surface area contributed by atoms with E-state index in [-0.39, 0.29) is 5.91 Å². The Morgan fingerprint density at radius 2 is 2.16 bits per heavy atom. The van der Waals surface area contributed by atoms with Crippen LogP contribution < -0.4 is 10.6 Å². The maximum atomic E-state index is 13.1. The molecule has 102 valence electrons. The van der Waals surface area contributed by atoms with Gasteiger partial charge in [-0.2, -0.15) is 0 Å². The molecule has 0 bridgehead atoms. The van der Waals surface area contributed by atoms with Gasteiger partial charge in [0.2, 0.25) is 5.91 Å². The molecular weight excluding hydrogens is 251 g/mol. The number of amides is 1. The maximum absolute atomic E-state index is 13.1. The molecule has 19 heavy (non-hydrogen) atoms. The number of esters is 1. The minimum absolute atomic E-state index is 0.322. The van der Waals surface area contributed by atoms with Crippen LogP contribution in [0, 0.1) is 5.82 Å². The number of carbonyl (C=O) groups is 2. The molecule has 1 aliphatic heterocycles. The zero-order valence-corrected chi connectivity index (χ0v) is 10.9. The van der Waals surface area contributed by atoms with Crippen molar-refractivity contribution in [3.8, 4) is 0 Å². The summed E-state index contributed by atoms with van der Waals surface area (Å²) in [6.07, 6.45) is 0. The molecule has 1 atom stereocenters. The summed E-state index contributed by atoms with van der Waals surface area (Å²) in [5.74, 6) is -1.22. The number of ether oxygens (including phenoxy) is 1. The van der Waals surface area contributed by atoms with Crippen LogP contribution in [0.2, 0.25) is 0 Å². The summed E-state index contributed by atoms with van der Waals surface area (Å²) in [6, 6.07) is 3.34. The first-order valence-electron chi connectivity index (χ1n) is 5.81. The van der Waals surface area contributed by atoms with Crippen LogP contribution in [0.4, 0.5) is 10.1 Å². The summed E-state index contributed by atoms with van der Waals surface area (Å²) in [7, 11) is 1.28. The third kappa shape index (κ3) is 2.44. The second kappa shape index (κ2) is 4.62. The lowest BCUT2D eigenvalue weighted by Crippen LogP contribution is -2.50. The zero-order valence-electron chi connectivity index (χ0n) is 10.9. The second-order valence-corrected chi connectivity index (χ2v) is 4.91. The Morgan fingerprint density at radius 1 is 1.47 bits per heavy atom. The number of anilines is 1. The Labute approximate surface area is 110 Å². The van der Waals surface area contributed by atoms with Crippen molar-refractivity contribution < 1.29 is 18.7 Å². The summed E-state index contributed by atoms with van der Waals surface area (Å²) in [4.78, 5) is 23.5. The number of methoxy groups -OCH3 is 1. The van der Waals surface area contributed by atoms with E-state index in [9.17, 15) is 14.0 Å². The molecule has 1 aliphatic rings. The number of nitrogens with one attached hydrogen (secondary N) is 2. The van der Waals surface area contributed by atoms with Crippen LogP contribution in [0.25, 0.3) is 0 Å². The van der Waals surface area contributed by atoms with Crippen molar-refractivity contribution in [3.63, 3.8) is 0 Å². The van der Waals surface area contributed by atoms with Gasteiger partial charge >= 0.3 is 5.97 Å².